The zero-order chi connectivity index (χ0) is 9.84. The quantitative estimate of drug-likeness (QED) is 0.777. The summed E-state index contributed by atoms with van der Waals surface area (Å²) in [5.41, 5.74) is 7.65. The average molecular weight is 215 g/mol. The standard InChI is InChI=1S/C10H14N2O.ClH/c1-7-5-3-4-6-8(7)9(11)10(13)12-2;/h3-6,9H,11H2,1-2H3,(H,12,13);1H. The fourth-order valence-electron chi connectivity index (χ4n) is 1.23. The van der Waals surface area contributed by atoms with Gasteiger partial charge in [-0.25, -0.2) is 0 Å². The molecule has 0 bridgehead atoms. The van der Waals surface area contributed by atoms with Crippen LogP contribution in [-0.2, 0) is 4.79 Å². The number of likely N-dealkylation sites (N-methyl/N-ethyl adjacent to an activating group) is 1. The van der Waals surface area contributed by atoms with Gasteiger partial charge in [0.25, 0.3) is 0 Å². The van der Waals surface area contributed by atoms with Gasteiger partial charge >= 0.3 is 0 Å². The van der Waals surface area contributed by atoms with Gasteiger partial charge in [0.05, 0.1) is 0 Å². The van der Waals surface area contributed by atoms with Gasteiger partial charge in [-0.3, -0.25) is 4.79 Å². The van der Waals surface area contributed by atoms with E-state index in [1.165, 1.54) is 0 Å². The average Bonchev–Trinajstić information content (AvgIpc) is 2.16. The van der Waals surface area contributed by atoms with Crippen LogP contribution < -0.4 is 11.1 Å². The van der Waals surface area contributed by atoms with E-state index >= 15 is 0 Å². The van der Waals surface area contributed by atoms with E-state index in [9.17, 15) is 4.79 Å². The third kappa shape index (κ3) is 2.72. The van der Waals surface area contributed by atoms with E-state index in [1.54, 1.807) is 7.05 Å². The predicted molar refractivity (Wildman–Crippen MR) is 59.4 cm³/mol. The van der Waals surface area contributed by atoms with Gasteiger partial charge in [0, 0.05) is 7.05 Å². The molecule has 14 heavy (non-hydrogen) atoms. The molecule has 0 radical (unpaired) electrons. The highest BCUT2D eigenvalue weighted by Gasteiger charge is 2.14. The summed E-state index contributed by atoms with van der Waals surface area (Å²) in [6.07, 6.45) is 0. The molecule has 4 heteroatoms. The van der Waals surface area contributed by atoms with Crippen LogP contribution in [0.15, 0.2) is 24.3 Å². The summed E-state index contributed by atoms with van der Waals surface area (Å²) in [5.74, 6) is -0.158. The molecule has 1 aromatic carbocycles. The third-order valence-corrected chi connectivity index (χ3v) is 2.05. The Morgan fingerprint density at radius 1 is 1.43 bits per heavy atom. The Balaban J connectivity index is 0.00000169. The summed E-state index contributed by atoms with van der Waals surface area (Å²) in [6.45, 7) is 1.94. The molecule has 0 saturated carbocycles. The van der Waals surface area contributed by atoms with Crippen LogP contribution in [0.1, 0.15) is 17.2 Å². The number of nitrogens with one attached hydrogen (secondary N) is 1. The van der Waals surface area contributed by atoms with Crippen molar-refractivity contribution in [3.8, 4) is 0 Å². The molecule has 0 aliphatic heterocycles. The molecule has 1 unspecified atom stereocenters. The van der Waals surface area contributed by atoms with Crippen molar-refractivity contribution in [1.29, 1.82) is 0 Å². The normalized spacial score (nSPS) is 11.4. The SMILES string of the molecule is CNC(=O)C(N)c1ccccc1C.Cl. The lowest BCUT2D eigenvalue weighted by Crippen LogP contribution is -2.31. The minimum Gasteiger partial charge on any atom is -0.358 e. The molecule has 78 valence electrons. The first-order valence-corrected chi connectivity index (χ1v) is 4.19. The van der Waals surface area contributed by atoms with E-state index in [1.807, 2.05) is 31.2 Å². The Bertz CT molecular complexity index is 315. The Hall–Kier alpha value is -1.06. The molecule has 1 aromatic rings. The lowest BCUT2D eigenvalue weighted by Gasteiger charge is -2.12. The van der Waals surface area contributed by atoms with Gasteiger partial charge in [-0.2, -0.15) is 0 Å². The molecule has 0 aromatic heterocycles. The summed E-state index contributed by atoms with van der Waals surface area (Å²) in [6, 6.07) is 7.06. The maximum Gasteiger partial charge on any atom is 0.241 e. The molecule has 3 N–H and O–H groups in total. The van der Waals surface area contributed by atoms with Crippen molar-refractivity contribution in [3.63, 3.8) is 0 Å². The van der Waals surface area contributed by atoms with Crippen LogP contribution in [0.4, 0.5) is 0 Å². The van der Waals surface area contributed by atoms with Gasteiger partial charge in [0.15, 0.2) is 0 Å². The lowest BCUT2D eigenvalue weighted by molar-refractivity contribution is -0.122. The molecular formula is C10H15ClN2O. The smallest absolute Gasteiger partial charge is 0.241 e. The first kappa shape index (κ1) is 12.9. The molecule has 1 atom stereocenters. The molecule has 1 amide bonds. The van der Waals surface area contributed by atoms with E-state index in [4.69, 9.17) is 5.73 Å². The van der Waals surface area contributed by atoms with Gasteiger partial charge in [0.2, 0.25) is 5.91 Å². The molecule has 0 aliphatic carbocycles. The molecule has 0 saturated heterocycles. The number of amides is 1. The zero-order valence-electron chi connectivity index (χ0n) is 8.28. The second-order valence-electron chi connectivity index (χ2n) is 2.95. The molecule has 0 aliphatic rings. The molecule has 0 fully saturated rings. The van der Waals surface area contributed by atoms with Crippen molar-refractivity contribution in [1.82, 2.24) is 5.32 Å². The van der Waals surface area contributed by atoms with Crippen molar-refractivity contribution >= 4 is 18.3 Å². The van der Waals surface area contributed by atoms with Crippen molar-refractivity contribution in [2.45, 2.75) is 13.0 Å². The van der Waals surface area contributed by atoms with E-state index in [0.29, 0.717) is 0 Å². The Labute approximate surface area is 90.1 Å². The van der Waals surface area contributed by atoms with Crippen LogP contribution >= 0.6 is 12.4 Å². The van der Waals surface area contributed by atoms with Crippen LogP contribution in [0.25, 0.3) is 0 Å². The van der Waals surface area contributed by atoms with Gasteiger partial charge < -0.3 is 11.1 Å². The van der Waals surface area contributed by atoms with E-state index in [0.717, 1.165) is 11.1 Å². The maximum absolute atomic E-state index is 11.2. The highest BCUT2D eigenvalue weighted by molar-refractivity contribution is 5.85. The number of carbonyl (C=O) groups excluding carboxylic acids is 1. The van der Waals surface area contributed by atoms with Crippen LogP contribution in [-0.4, -0.2) is 13.0 Å². The fraction of sp³-hybridized carbons (Fsp3) is 0.300. The van der Waals surface area contributed by atoms with Gasteiger partial charge in [-0.15, -0.1) is 12.4 Å². The Kier molecular flexibility index (Phi) is 5.20. The molecule has 0 heterocycles. The van der Waals surface area contributed by atoms with E-state index < -0.39 is 6.04 Å². The third-order valence-electron chi connectivity index (χ3n) is 2.05. The number of rotatable bonds is 2. The van der Waals surface area contributed by atoms with Crippen LogP contribution in [0.2, 0.25) is 0 Å². The van der Waals surface area contributed by atoms with Gasteiger partial charge in [0.1, 0.15) is 6.04 Å². The second kappa shape index (κ2) is 5.62. The van der Waals surface area contributed by atoms with Crippen molar-refractivity contribution in [3.05, 3.63) is 35.4 Å². The largest absolute Gasteiger partial charge is 0.358 e. The highest BCUT2D eigenvalue weighted by atomic mass is 35.5. The number of carbonyl (C=O) groups is 1. The number of benzene rings is 1. The van der Waals surface area contributed by atoms with E-state index in [-0.39, 0.29) is 18.3 Å². The van der Waals surface area contributed by atoms with Crippen LogP contribution in [0, 0.1) is 6.92 Å². The van der Waals surface area contributed by atoms with Gasteiger partial charge in [-0.05, 0) is 18.1 Å². The van der Waals surface area contributed by atoms with Crippen LogP contribution in [0.5, 0.6) is 0 Å². The fourth-order valence-corrected chi connectivity index (χ4v) is 1.23. The van der Waals surface area contributed by atoms with Crippen molar-refractivity contribution in [2.24, 2.45) is 5.73 Å². The summed E-state index contributed by atoms with van der Waals surface area (Å²) in [4.78, 5) is 11.2. The number of aryl methyl sites for hydroxylation is 1. The number of hydrogen-bond acceptors (Lipinski definition) is 2. The number of halogens is 1. The minimum absolute atomic E-state index is 0. The van der Waals surface area contributed by atoms with E-state index in [2.05, 4.69) is 5.32 Å². The minimum atomic E-state index is -0.564. The van der Waals surface area contributed by atoms with Gasteiger partial charge in [-0.1, -0.05) is 24.3 Å². The summed E-state index contributed by atoms with van der Waals surface area (Å²) in [7, 11) is 1.58. The molecule has 3 nitrogen and oxygen atoms in total. The molecule has 1 rings (SSSR count). The van der Waals surface area contributed by atoms with Crippen molar-refractivity contribution in [2.75, 3.05) is 7.05 Å². The Morgan fingerprint density at radius 2 is 2.00 bits per heavy atom. The number of nitrogens with two attached hydrogens (primary N) is 1. The first-order chi connectivity index (χ1) is 6.16. The number of hydrogen-bond donors (Lipinski definition) is 2. The summed E-state index contributed by atoms with van der Waals surface area (Å²) < 4.78 is 0. The second-order valence-corrected chi connectivity index (χ2v) is 2.95. The molecular weight excluding hydrogens is 200 g/mol. The van der Waals surface area contributed by atoms with Crippen molar-refractivity contribution < 1.29 is 4.79 Å². The van der Waals surface area contributed by atoms with Crippen LogP contribution in [0.3, 0.4) is 0 Å². The maximum atomic E-state index is 11.2. The monoisotopic (exact) mass is 214 g/mol. The first-order valence-electron chi connectivity index (χ1n) is 4.19. The topological polar surface area (TPSA) is 55.1 Å². The molecule has 0 spiro atoms. The Morgan fingerprint density at radius 3 is 2.50 bits per heavy atom. The summed E-state index contributed by atoms with van der Waals surface area (Å²) in [5, 5.41) is 2.53. The zero-order valence-corrected chi connectivity index (χ0v) is 9.10. The highest BCUT2D eigenvalue weighted by Crippen LogP contribution is 2.14. The summed E-state index contributed by atoms with van der Waals surface area (Å²) >= 11 is 0. The predicted octanol–water partition coefficient (Wildman–Crippen LogP) is 1.16. The lowest BCUT2D eigenvalue weighted by atomic mass is 10.0.